The summed E-state index contributed by atoms with van der Waals surface area (Å²) in [6, 6.07) is 6.82. The predicted molar refractivity (Wildman–Crippen MR) is 90.6 cm³/mol. The van der Waals surface area contributed by atoms with Crippen LogP contribution in [0.15, 0.2) is 41.3 Å². The van der Waals surface area contributed by atoms with E-state index in [0.717, 1.165) is 24.3 Å². The van der Waals surface area contributed by atoms with E-state index in [2.05, 4.69) is 10.0 Å². The third-order valence-corrected chi connectivity index (χ3v) is 4.84. The lowest BCUT2D eigenvalue weighted by molar-refractivity contribution is -0.384. The van der Waals surface area contributed by atoms with Crippen LogP contribution in [0.25, 0.3) is 0 Å². The summed E-state index contributed by atoms with van der Waals surface area (Å²) in [6.07, 6.45) is 0. The Morgan fingerprint density at radius 3 is 2.52 bits per heavy atom. The standard InChI is InChI=1S/C15H16FN3O5S/c1-10-8-11(16)2-5-15(10)25(23,24)18-14-9-12(19(21)22)3-4-13(14)17-6-7-20/h2-5,8-9,17-18,20H,6-7H2,1H3. The van der Waals surface area contributed by atoms with Crippen LogP contribution in [0.3, 0.4) is 0 Å². The highest BCUT2D eigenvalue weighted by Gasteiger charge is 2.20. The van der Waals surface area contributed by atoms with Crippen molar-refractivity contribution in [3.05, 3.63) is 57.9 Å². The minimum Gasteiger partial charge on any atom is -0.395 e. The van der Waals surface area contributed by atoms with Gasteiger partial charge in [-0.25, -0.2) is 12.8 Å². The Morgan fingerprint density at radius 2 is 1.92 bits per heavy atom. The molecule has 0 aliphatic rings. The summed E-state index contributed by atoms with van der Waals surface area (Å²) in [5.74, 6) is -0.572. The Bertz CT molecular complexity index is 902. The lowest BCUT2D eigenvalue weighted by atomic mass is 10.2. The van der Waals surface area contributed by atoms with Crippen LogP contribution < -0.4 is 10.0 Å². The molecular formula is C15H16FN3O5S. The number of aryl methyl sites for hydroxylation is 1. The molecule has 0 aromatic heterocycles. The average molecular weight is 369 g/mol. The summed E-state index contributed by atoms with van der Waals surface area (Å²) in [6.45, 7) is 1.36. The maximum atomic E-state index is 13.2. The fourth-order valence-electron chi connectivity index (χ4n) is 2.19. The predicted octanol–water partition coefficient (Wildman–Crippen LogP) is 2.25. The van der Waals surface area contributed by atoms with Crippen LogP contribution in [-0.2, 0) is 10.0 Å². The van der Waals surface area contributed by atoms with Crippen LogP contribution in [0.5, 0.6) is 0 Å². The second-order valence-electron chi connectivity index (χ2n) is 5.15. The first kappa shape index (κ1) is 18.6. The number of nitrogens with zero attached hydrogens (tertiary/aromatic N) is 1. The molecule has 134 valence electrons. The van der Waals surface area contributed by atoms with Crippen LogP contribution in [0.2, 0.25) is 0 Å². The van der Waals surface area contributed by atoms with E-state index in [-0.39, 0.29) is 40.7 Å². The molecule has 10 heteroatoms. The average Bonchev–Trinajstić information content (AvgIpc) is 2.52. The molecule has 0 saturated carbocycles. The summed E-state index contributed by atoms with van der Waals surface area (Å²) in [5.41, 5.74) is 0.111. The SMILES string of the molecule is Cc1cc(F)ccc1S(=O)(=O)Nc1cc([N+](=O)[O-])ccc1NCCO. The van der Waals surface area contributed by atoms with Crippen molar-refractivity contribution in [3.63, 3.8) is 0 Å². The molecule has 0 heterocycles. The number of rotatable bonds is 7. The molecule has 0 amide bonds. The molecule has 25 heavy (non-hydrogen) atoms. The molecule has 8 nitrogen and oxygen atoms in total. The number of sulfonamides is 1. The molecule has 2 rings (SSSR count). The Labute approximate surface area is 143 Å². The number of nitro groups is 1. The van der Waals surface area contributed by atoms with Gasteiger partial charge in [0.15, 0.2) is 0 Å². The van der Waals surface area contributed by atoms with E-state index in [4.69, 9.17) is 5.11 Å². The largest absolute Gasteiger partial charge is 0.395 e. The smallest absolute Gasteiger partial charge is 0.271 e. The molecule has 2 aromatic carbocycles. The van der Waals surface area contributed by atoms with Crippen LogP contribution in [0.1, 0.15) is 5.56 Å². The van der Waals surface area contributed by atoms with Gasteiger partial charge in [0.2, 0.25) is 0 Å². The summed E-state index contributed by atoms with van der Waals surface area (Å²) in [7, 11) is -4.09. The first-order chi connectivity index (χ1) is 11.7. The number of nitro benzene ring substituents is 1. The molecule has 0 radical (unpaired) electrons. The molecule has 0 atom stereocenters. The first-order valence-electron chi connectivity index (χ1n) is 7.17. The fraction of sp³-hybridized carbons (Fsp3) is 0.200. The monoisotopic (exact) mass is 369 g/mol. The molecular weight excluding hydrogens is 353 g/mol. The van der Waals surface area contributed by atoms with Crippen molar-refractivity contribution in [1.82, 2.24) is 0 Å². The van der Waals surface area contributed by atoms with Gasteiger partial charge in [0.25, 0.3) is 15.7 Å². The van der Waals surface area contributed by atoms with Gasteiger partial charge < -0.3 is 10.4 Å². The van der Waals surface area contributed by atoms with Gasteiger partial charge in [-0.2, -0.15) is 0 Å². The highest BCUT2D eigenvalue weighted by atomic mass is 32.2. The van der Waals surface area contributed by atoms with Gasteiger partial charge in [0.05, 0.1) is 27.8 Å². The van der Waals surface area contributed by atoms with Gasteiger partial charge >= 0.3 is 0 Å². The molecule has 0 aliphatic carbocycles. The van der Waals surface area contributed by atoms with Crippen molar-refractivity contribution in [1.29, 1.82) is 0 Å². The van der Waals surface area contributed by atoms with Gasteiger partial charge in [0, 0.05) is 18.7 Å². The summed E-state index contributed by atoms with van der Waals surface area (Å²) in [4.78, 5) is 10.1. The van der Waals surface area contributed by atoms with Gasteiger partial charge in [0.1, 0.15) is 5.82 Å². The van der Waals surface area contributed by atoms with Crippen LogP contribution in [0, 0.1) is 22.9 Å². The van der Waals surface area contributed by atoms with Crippen molar-refractivity contribution in [2.24, 2.45) is 0 Å². The van der Waals surface area contributed by atoms with E-state index >= 15 is 0 Å². The number of non-ortho nitro benzene ring substituents is 1. The molecule has 0 aliphatic heterocycles. The minimum absolute atomic E-state index is 0.0497. The first-order valence-corrected chi connectivity index (χ1v) is 8.65. The Hall–Kier alpha value is -2.72. The highest BCUT2D eigenvalue weighted by molar-refractivity contribution is 7.92. The number of halogens is 1. The second kappa shape index (κ2) is 7.45. The molecule has 0 unspecified atom stereocenters. The van der Waals surface area contributed by atoms with E-state index in [1.807, 2.05) is 0 Å². The third kappa shape index (κ3) is 4.43. The summed E-state index contributed by atoms with van der Waals surface area (Å²) >= 11 is 0. The van der Waals surface area contributed by atoms with Gasteiger partial charge in [-0.3, -0.25) is 14.8 Å². The number of hydrogen-bond donors (Lipinski definition) is 3. The number of benzene rings is 2. The fourth-order valence-corrected chi connectivity index (χ4v) is 3.49. The van der Waals surface area contributed by atoms with Gasteiger partial charge in [-0.05, 0) is 36.8 Å². The maximum Gasteiger partial charge on any atom is 0.271 e. The van der Waals surface area contributed by atoms with E-state index in [1.165, 1.54) is 19.1 Å². The van der Waals surface area contributed by atoms with Crippen molar-refractivity contribution in [2.75, 3.05) is 23.2 Å². The Kier molecular flexibility index (Phi) is 5.55. The Morgan fingerprint density at radius 1 is 1.20 bits per heavy atom. The number of nitrogens with one attached hydrogen (secondary N) is 2. The van der Waals surface area contributed by atoms with Crippen LogP contribution >= 0.6 is 0 Å². The van der Waals surface area contributed by atoms with Crippen LogP contribution in [-0.4, -0.2) is 31.6 Å². The van der Waals surface area contributed by atoms with Gasteiger partial charge in [-0.15, -0.1) is 0 Å². The number of aliphatic hydroxyl groups excluding tert-OH is 1. The van der Waals surface area contributed by atoms with E-state index in [0.29, 0.717) is 0 Å². The zero-order valence-corrected chi connectivity index (χ0v) is 14.0. The van der Waals surface area contributed by atoms with Gasteiger partial charge in [-0.1, -0.05) is 0 Å². The molecule has 3 N–H and O–H groups in total. The highest BCUT2D eigenvalue weighted by Crippen LogP contribution is 2.30. The van der Waals surface area contributed by atoms with E-state index in [9.17, 15) is 22.9 Å². The lowest BCUT2D eigenvalue weighted by Gasteiger charge is -2.15. The van der Waals surface area contributed by atoms with Crippen molar-refractivity contribution in [2.45, 2.75) is 11.8 Å². The van der Waals surface area contributed by atoms with Crippen LogP contribution in [0.4, 0.5) is 21.5 Å². The number of hydrogen-bond acceptors (Lipinski definition) is 6. The maximum absolute atomic E-state index is 13.2. The zero-order chi connectivity index (χ0) is 18.6. The topological polar surface area (TPSA) is 122 Å². The molecule has 0 spiro atoms. The molecule has 2 aromatic rings. The second-order valence-corrected chi connectivity index (χ2v) is 6.80. The number of aliphatic hydroxyl groups is 1. The quantitative estimate of drug-likeness (QED) is 0.508. The van der Waals surface area contributed by atoms with Crippen molar-refractivity contribution in [3.8, 4) is 0 Å². The molecule has 0 fully saturated rings. The van der Waals surface area contributed by atoms with Crippen molar-refractivity contribution >= 4 is 27.1 Å². The summed E-state index contributed by atoms with van der Waals surface area (Å²) in [5, 5.41) is 22.6. The lowest BCUT2D eigenvalue weighted by Crippen LogP contribution is -2.16. The number of anilines is 2. The Balaban J connectivity index is 2.45. The van der Waals surface area contributed by atoms with E-state index in [1.54, 1.807) is 0 Å². The van der Waals surface area contributed by atoms with Crippen molar-refractivity contribution < 1.29 is 22.8 Å². The zero-order valence-electron chi connectivity index (χ0n) is 13.2. The molecule has 0 bridgehead atoms. The summed E-state index contributed by atoms with van der Waals surface area (Å²) < 4.78 is 40.6. The van der Waals surface area contributed by atoms with E-state index < -0.39 is 20.8 Å². The normalized spacial score (nSPS) is 11.2. The minimum atomic E-state index is -4.09. The molecule has 0 saturated heterocycles. The third-order valence-electron chi connectivity index (χ3n) is 3.31.